The number of terminal acetylenes is 1. The molecule has 2 heterocycles. The zero-order valence-corrected chi connectivity index (χ0v) is 25.7. The second-order valence-electron chi connectivity index (χ2n) is 12.2. The predicted octanol–water partition coefficient (Wildman–Crippen LogP) is 5.83. The standard InChI is InChI=1S/C37H43N3O3/c1-6-32-34(37(42)43-5)21-31-20-27(23-38-36(31)32)9-7-10-29-11-8-12-30(26(29)3)22-35(41)33-14-13-28(19-25(33)2)24-40-17-15-39(4)16-18-40/h1,8,11-14,19-21,23,25,29,33,38H,3,7,9-10,15-18,22,24H2,2,4-5H3. The summed E-state index contributed by atoms with van der Waals surface area (Å²) >= 11 is 0. The van der Waals surface area contributed by atoms with Crippen LogP contribution in [0.3, 0.4) is 0 Å². The summed E-state index contributed by atoms with van der Waals surface area (Å²) < 4.78 is 4.89. The summed E-state index contributed by atoms with van der Waals surface area (Å²) in [4.78, 5) is 33.7. The zero-order valence-electron chi connectivity index (χ0n) is 25.7. The zero-order chi connectivity index (χ0) is 30.5. The van der Waals surface area contributed by atoms with Gasteiger partial charge in [-0.1, -0.05) is 55.9 Å². The lowest BCUT2D eigenvalue weighted by atomic mass is 9.78. The van der Waals surface area contributed by atoms with Gasteiger partial charge in [-0.25, -0.2) is 4.79 Å². The molecule has 3 atom stereocenters. The number of ether oxygens (including phenoxy) is 1. The maximum absolute atomic E-state index is 13.4. The van der Waals surface area contributed by atoms with Crippen LogP contribution in [0.4, 0.5) is 0 Å². The SMILES string of the molecule is C#Cc1c(C(=O)OC)cc2cc(CCCC3C=CC=C(CC(=O)C4C=CC(CN5CCN(C)CC5)=CC4C)C3=C)c[nH]c1-2. The molecular formula is C37H43N3O3. The summed E-state index contributed by atoms with van der Waals surface area (Å²) in [5.41, 5.74) is 7.19. The number of ketones is 1. The van der Waals surface area contributed by atoms with Gasteiger partial charge < -0.3 is 14.6 Å². The number of hydrogen-bond acceptors (Lipinski definition) is 5. The van der Waals surface area contributed by atoms with Crippen LogP contribution in [0.25, 0.3) is 11.3 Å². The first kappa shape index (κ1) is 30.5. The van der Waals surface area contributed by atoms with Gasteiger partial charge in [0.25, 0.3) is 0 Å². The minimum absolute atomic E-state index is 0.0914. The van der Waals surface area contributed by atoms with Crippen LogP contribution in [0, 0.1) is 30.1 Å². The molecule has 0 aromatic carbocycles. The third-order valence-electron chi connectivity index (χ3n) is 9.18. The van der Waals surface area contributed by atoms with Crippen molar-refractivity contribution in [3.05, 3.63) is 94.8 Å². The topological polar surface area (TPSA) is 65.6 Å². The number of allylic oxidation sites excluding steroid dienone is 7. The number of aromatic nitrogens is 1. The van der Waals surface area contributed by atoms with Gasteiger partial charge in [0.15, 0.2) is 0 Å². The summed E-state index contributed by atoms with van der Waals surface area (Å²) in [6, 6.07) is 3.88. The number of carbonyl (C=O) groups is 2. The molecule has 6 nitrogen and oxygen atoms in total. The van der Waals surface area contributed by atoms with Gasteiger partial charge in [0.1, 0.15) is 5.78 Å². The molecule has 5 aliphatic rings. The molecule has 3 unspecified atom stereocenters. The number of pyridine rings is 1. The van der Waals surface area contributed by atoms with Gasteiger partial charge in [0.2, 0.25) is 0 Å². The van der Waals surface area contributed by atoms with E-state index in [2.05, 4.69) is 83.8 Å². The number of aryl methyl sites for hydroxylation is 1. The third kappa shape index (κ3) is 7.01. The highest BCUT2D eigenvalue weighted by Gasteiger charge is 2.27. The quantitative estimate of drug-likeness (QED) is 0.284. The van der Waals surface area contributed by atoms with E-state index in [-0.39, 0.29) is 23.5 Å². The number of likely N-dealkylation sites (N-methyl/N-ethyl adjacent to an activating group) is 1. The van der Waals surface area contributed by atoms with Crippen LogP contribution < -0.4 is 0 Å². The van der Waals surface area contributed by atoms with Crippen LogP contribution in [0.5, 0.6) is 0 Å². The molecule has 0 amide bonds. The fourth-order valence-corrected chi connectivity index (χ4v) is 6.53. The summed E-state index contributed by atoms with van der Waals surface area (Å²) in [7, 11) is 3.53. The van der Waals surface area contributed by atoms with E-state index in [9.17, 15) is 9.59 Å². The summed E-state index contributed by atoms with van der Waals surface area (Å²) in [5.74, 6) is 2.76. The lowest BCUT2D eigenvalue weighted by Gasteiger charge is -2.33. The molecule has 0 spiro atoms. The first-order valence-electron chi connectivity index (χ1n) is 15.3. The van der Waals surface area contributed by atoms with Crippen molar-refractivity contribution in [2.45, 2.75) is 32.6 Å². The van der Waals surface area contributed by atoms with E-state index in [1.165, 1.54) is 12.7 Å². The van der Waals surface area contributed by atoms with Gasteiger partial charge in [-0.05, 0) is 66.6 Å². The van der Waals surface area contributed by atoms with Crippen LogP contribution in [0.15, 0.2) is 78.1 Å². The number of hydrogen-bond donors (Lipinski definition) is 1. The van der Waals surface area contributed by atoms with Crippen molar-refractivity contribution in [1.29, 1.82) is 0 Å². The van der Waals surface area contributed by atoms with Crippen LogP contribution >= 0.6 is 0 Å². The van der Waals surface area contributed by atoms with E-state index in [4.69, 9.17) is 11.2 Å². The summed E-state index contributed by atoms with van der Waals surface area (Å²) in [5, 5.41) is 0. The van der Waals surface area contributed by atoms with Crippen LogP contribution in [0.1, 0.15) is 47.7 Å². The lowest BCUT2D eigenvalue weighted by molar-refractivity contribution is -0.121. The number of nitrogens with one attached hydrogen (secondary N) is 1. The van der Waals surface area contributed by atoms with Gasteiger partial charge in [-0.2, -0.15) is 0 Å². The maximum atomic E-state index is 13.4. The van der Waals surface area contributed by atoms with Crippen molar-refractivity contribution in [3.63, 3.8) is 0 Å². The fourth-order valence-electron chi connectivity index (χ4n) is 6.53. The average molecular weight is 578 g/mol. The van der Waals surface area contributed by atoms with Crippen molar-refractivity contribution in [2.24, 2.45) is 17.8 Å². The summed E-state index contributed by atoms with van der Waals surface area (Å²) in [6.45, 7) is 11.9. The monoisotopic (exact) mass is 577 g/mol. The molecule has 0 aromatic heterocycles. The molecular weight excluding hydrogens is 534 g/mol. The first-order valence-corrected chi connectivity index (χ1v) is 15.3. The minimum atomic E-state index is -0.430. The van der Waals surface area contributed by atoms with Gasteiger partial charge in [-0.15, -0.1) is 6.42 Å². The molecule has 6 heteroatoms. The molecule has 0 radical (unpaired) electrons. The highest BCUT2D eigenvalue weighted by molar-refractivity contribution is 5.98. The molecule has 2 aliphatic heterocycles. The fraction of sp³-hybridized carbons (Fsp3) is 0.405. The Balaban J connectivity index is 1.12. The second-order valence-corrected chi connectivity index (χ2v) is 12.2. The van der Waals surface area contributed by atoms with Gasteiger partial charge in [-0.3, -0.25) is 9.69 Å². The van der Waals surface area contributed by atoms with E-state index in [1.54, 1.807) is 6.07 Å². The Labute approximate surface area is 256 Å². The molecule has 3 aliphatic carbocycles. The smallest absolute Gasteiger partial charge is 0.339 e. The van der Waals surface area contributed by atoms with Gasteiger partial charge in [0, 0.05) is 62.7 Å². The molecule has 0 saturated carbocycles. The Kier molecular flexibility index (Phi) is 9.65. The predicted molar refractivity (Wildman–Crippen MR) is 173 cm³/mol. The molecule has 1 N–H and O–H groups in total. The lowest BCUT2D eigenvalue weighted by Crippen LogP contribution is -2.45. The Morgan fingerprint density at radius 2 is 1.98 bits per heavy atom. The van der Waals surface area contributed by atoms with E-state index in [0.29, 0.717) is 17.5 Å². The molecule has 43 heavy (non-hydrogen) atoms. The number of rotatable bonds is 10. The Hall–Kier alpha value is -3.92. The number of esters is 1. The van der Waals surface area contributed by atoms with E-state index < -0.39 is 5.97 Å². The highest BCUT2D eigenvalue weighted by Crippen LogP contribution is 2.34. The average Bonchev–Trinajstić information content (AvgIpc) is 3.37. The van der Waals surface area contributed by atoms with Crippen LogP contribution in [0.2, 0.25) is 0 Å². The highest BCUT2D eigenvalue weighted by atomic mass is 16.5. The van der Waals surface area contributed by atoms with E-state index in [1.807, 2.05) is 6.20 Å². The number of methoxy groups -OCH3 is 1. The van der Waals surface area contributed by atoms with E-state index >= 15 is 0 Å². The largest absolute Gasteiger partial charge is 0.465 e. The normalized spacial score (nSPS) is 22.7. The van der Waals surface area contributed by atoms with Crippen molar-refractivity contribution in [1.82, 2.24) is 14.8 Å². The number of fused-ring (bicyclic) bond motifs is 1. The molecule has 1 fully saturated rings. The molecule has 0 bridgehead atoms. The number of Topliss-reactive ketones (excluding diaryl/α,β-unsaturated/α-hetero) is 1. The number of piperazine rings is 1. The van der Waals surface area contributed by atoms with Crippen molar-refractivity contribution in [3.8, 4) is 23.6 Å². The van der Waals surface area contributed by atoms with Gasteiger partial charge in [0.05, 0.1) is 23.9 Å². The minimum Gasteiger partial charge on any atom is -0.465 e. The number of carbonyl (C=O) groups excluding carboxylic acids is 2. The van der Waals surface area contributed by atoms with Crippen molar-refractivity contribution in [2.75, 3.05) is 46.9 Å². The number of aromatic amines is 1. The Bertz CT molecular complexity index is 1510. The number of nitrogens with zero attached hydrogens (tertiary/aromatic N) is 2. The Morgan fingerprint density at radius 3 is 2.70 bits per heavy atom. The van der Waals surface area contributed by atoms with Crippen LogP contribution in [-0.4, -0.2) is 73.4 Å². The maximum Gasteiger partial charge on any atom is 0.339 e. The summed E-state index contributed by atoms with van der Waals surface area (Å²) in [6.07, 6.45) is 23.8. The van der Waals surface area contributed by atoms with Gasteiger partial charge >= 0.3 is 5.97 Å². The Morgan fingerprint density at radius 1 is 1.19 bits per heavy atom. The van der Waals surface area contributed by atoms with E-state index in [0.717, 1.165) is 80.0 Å². The third-order valence-corrected chi connectivity index (χ3v) is 9.18. The molecule has 5 rings (SSSR count). The molecule has 1 saturated heterocycles. The molecule has 0 aromatic rings. The van der Waals surface area contributed by atoms with Crippen molar-refractivity contribution < 1.29 is 14.3 Å². The number of H-pyrrole nitrogens is 1. The van der Waals surface area contributed by atoms with Crippen molar-refractivity contribution >= 4 is 11.8 Å². The first-order chi connectivity index (χ1) is 20.8. The second kappa shape index (κ2) is 13.6. The van der Waals surface area contributed by atoms with Crippen LogP contribution in [-0.2, 0) is 16.0 Å². The molecule has 224 valence electrons.